The average molecular weight is 748 g/mol. The number of hydrogen-bond donors (Lipinski definition) is 2. The highest BCUT2D eigenvalue weighted by molar-refractivity contribution is 6.99. The number of carbonyl (C=O) groups excluding carboxylic acids is 1. The van der Waals surface area contributed by atoms with Gasteiger partial charge in [0.25, 0.3) is 13.9 Å². The van der Waals surface area contributed by atoms with Crippen LogP contribution in [0.5, 0.6) is 0 Å². The van der Waals surface area contributed by atoms with Gasteiger partial charge in [-0.2, -0.15) is 0 Å². The Morgan fingerprint density at radius 1 is 1.06 bits per heavy atom. The van der Waals surface area contributed by atoms with Gasteiger partial charge in [-0.3, -0.25) is 4.79 Å². The number of fused-ring (bicyclic) bond motifs is 5. The lowest BCUT2D eigenvalue weighted by Crippen LogP contribution is -2.68. The van der Waals surface area contributed by atoms with Gasteiger partial charge in [0.2, 0.25) is 0 Å². The molecule has 5 aromatic rings. The van der Waals surface area contributed by atoms with Crippen molar-refractivity contribution in [2.24, 2.45) is 0 Å². The molecular weight excluding hydrogens is 702 g/mol. The van der Waals surface area contributed by atoms with Gasteiger partial charge in [0.05, 0.1) is 35.1 Å². The summed E-state index contributed by atoms with van der Waals surface area (Å²) in [6, 6.07) is 25.1. The molecule has 3 aliphatic rings. The SMILES string of the molecule is CC[C@@]1(O)C(=O)OCc2c1cc1n(c2=O)Cc2c-1nc1cc(Cl)c(C)c3c1c2[C@H](NC[C@H](C)O[Si](c1ccccc1)(c1ccccc1)C(C)(C)C)CC3. The third-order valence-electron chi connectivity index (χ3n) is 11.8. The summed E-state index contributed by atoms with van der Waals surface area (Å²) in [6.07, 6.45) is 1.63. The van der Waals surface area contributed by atoms with Crippen LogP contribution in [0, 0.1) is 6.92 Å². The first-order chi connectivity index (χ1) is 25.3. The predicted molar refractivity (Wildman–Crippen MR) is 212 cm³/mol. The molecule has 53 heavy (non-hydrogen) atoms. The molecule has 2 aromatic heterocycles. The Labute approximate surface area is 316 Å². The second-order valence-electron chi connectivity index (χ2n) is 15.9. The minimum Gasteiger partial charge on any atom is -0.458 e. The quantitative estimate of drug-likeness (QED) is 0.134. The number of aromatic nitrogens is 2. The van der Waals surface area contributed by atoms with Crippen molar-refractivity contribution in [3.63, 3.8) is 0 Å². The molecular formula is C43H46ClN3O5Si. The molecule has 0 bridgehead atoms. The number of carbonyl (C=O) groups is 1. The zero-order chi connectivity index (χ0) is 37.4. The number of pyridine rings is 2. The van der Waals surface area contributed by atoms with Gasteiger partial charge in [-0.15, -0.1) is 0 Å². The zero-order valence-electron chi connectivity index (χ0n) is 31.2. The molecule has 0 unspecified atom stereocenters. The lowest BCUT2D eigenvalue weighted by atomic mass is 9.81. The first-order valence-corrected chi connectivity index (χ1v) is 20.9. The van der Waals surface area contributed by atoms with Crippen molar-refractivity contribution in [2.45, 2.75) is 96.7 Å². The Morgan fingerprint density at radius 3 is 2.34 bits per heavy atom. The smallest absolute Gasteiger partial charge is 0.343 e. The Balaban J connectivity index is 1.21. The van der Waals surface area contributed by atoms with Crippen LogP contribution in [0.2, 0.25) is 10.1 Å². The fourth-order valence-electron chi connectivity index (χ4n) is 9.10. The zero-order valence-corrected chi connectivity index (χ0v) is 32.9. The number of esters is 1. The average Bonchev–Trinajstić information content (AvgIpc) is 3.52. The number of ether oxygens (including phenoxy) is 1. The highest BCUT2D eigenvalue weighted by atomic mass is 35.5. The van der Waals surface area contributed by atoms with Crippen molar-refractivity contribution in [2.75, 3.05) is 6.54 Å². The standard InChI is InChI=1S/C43H46ClN3O5Si/c1-7-43(50)32-20-36-39-30(23-47(36)40(48)31(32)24-51-41(43)49)38-34(19-18-29-26(3)33(44)21-35(46-39)37(29)38)45-22-25(2)52-53(42(4,5)6,27-14-10-8-11-15-27)28-16-12-9-13-17-28/h8-17,20-21,25,34,45,50H,7,18-19,22-24H2,1-6H3/t25-,34+,43-/m0/s1. The maximum absolute atomic E-state index is 14.1. The summed E-state index contributed by atoms with van der Waals surface area (Å²) in [5, 5.41) is 19.5. The van der Waals surface area contributed by atoms with E-state index in [1.54, 1.807) is 17.6 Å². The van der Waals surface area contributed by atoms with Crippen LogP contribution in [-0.2, 0) is 39.1 Å². The molecule has 0 radical (unpaired) electrons. The second kappa shape index (κ2) is 13.0. The van der Waals surface area contributed by atoms with E-state index in [1.807, 2.05) is 6.07 Å². The van der Waals surface area contributed by atoms with E-state index < -0.39 is 19.9 Å². The first-order valence-electron chi connectivity index (χ1n) is 18.6. The van der Waals surface area contributed by atoms with E-state index >= 15 is 0 Å². The van der Waals surface area contributed by atoms with Gasteiger partial charge in [-0.1, -0.05) is 100.0 Å². The van der Waals surface area contributed by atoms with Crippen LogP contribution in [0.3, 0.4) is 0 Å². The fraction of sp³-hybridized carbons (Fsp3) is 0.372. The van der Waals surface area contributed by atoms with Crippen molar-refractivity contribution >= 4 is 47.2 Å². The van der Waals surface area contributed by atoms with Crippen molar-refractivity contribution in [3.05, 3.63) is 122 Å². The molecule has 8 nitrogen and oxygen atoms in total. The Kier molecular flexibility index (Phi) is 8.82. The minimum atomic E-state index is -2.78. The highest BCUT2D eigenvalue weighted by Crippen LogP contribution is 2.47. The summed E-state index contributed by atoms with van der Waals surface area (Å²) in [5.74, 6) is -0.734. The van der Waals surface area contributed by atoms with E-state index in [0.29, 0.717) is 40.6 Å². The number of hydrogen-bond acceptors (Lipinski definition) is 7. The summed E-state index contributed by atoms with van der Waals surface area (Å²) in [4.78, 5) is 32.1. The third-order valence-corrected chi connectivity index (χ3v) is 17.4. The van der Waals surface area contributed by atoms with Crippen molar-refractivity contribution < 1.29 is 19.1 Å². The second-order valence-corrected chi connectivity index (χ2v) is 20.6. The lowest BCUT2D eigenvalue weighted by Gasteiger charge is -2.45. The predicted octanol–water partition coefficient (Wildman–Crippen LogP) is 6.58. The number of aryl methyl sites for hydroxylation is 1. The van der Waals surface area contributed by atoms with Crippen LogP contribution in [0.25, 0.3) is 22.3 Å². The van der Waals surface area contributed by atoms with Gasteiger partial charge in [-0.25, -0.2) is 9.78 Å². The van der Waals surface area contributed by atoms with E-state index in [2.05, 4.69) is 101 Å². The summed E-state index contributed by atoms with van der Waals surface area (Å²) < 4.78 is 14.5. The van der Waals surface area contributed by atoms with E-state index in [0.717, 1.165) is 40.4 Å². The number of rotatable bonds is 8. The van der Waals surface area contributed by atoms with Gasteiger partial charge in [-0.05, 0) is 77.3 Å². The molecule has 1 aliphatic carbocycles. The van der Waals surface area contributed by atoms with E-state index in [9.17, 15) is 14.7 Å². The maximum Gasteiger partial charge on any atom is 0.343 e. The van der Waals surface area contributed by atoms with Gasteiger partial charge in [0, 0.05) is 34.1 Å². The number of aliphatic hydroxyl groups is 1. The van der Waals surface area contributed by atoms with Crippen LogP contribution in [0.1, 0.15) is 86.9 Å². The lowest BCUT2D eigenvalue weighted by molar-refractivity contribution is -0.172. The Morgan fingerprint density at radius 2 is 1.72 bits per heavy atom. The molecule has 8 rings (SSSR count). The number of halogens is 1. The topological polar surface area (TPSA) is 103 Å². The molecule has 2 aliphatic heterocycles. The van der Waals surface area contributed by atoms with E-state index in [4.69, 9.17) is 25.7 Å². The maximum atomic E-state index is 14.1. The van der Waals surface area contributed by atoms with E-state index in [1.165, 1.54) is 15.9 Å². The highest BCUT2D eigenvalue weighted by Gasteiger charge is 2.51. The summed E-state index contributed by atoms with van der Waals surface area (Å²) in [7, 11) is -2.78. The Hall–Kier alpha value is -4.12. The van der Waals surface area contributed by atoms with Crippen molar-refractivity contribution in [3.8, 4) is 11.4 Å². The van der Waals surface area contributed by atoms with E-state index in [-0.39, 0.29) is 35.8 Å². The molecule has 0 amide bonds. The monoisotopic (exact) mass is 747 g/mol. The largest absolute Gasteiger partial charge is 0.458 e. The molecule has 0 fully saturated rings. The number of nitrogens with one attached hydrogen (secondary N) is 1. The molecule has 0 spiro atoms. The summed E-state index contributed by atoms with van der Waals surface area (Å²) >= 11 is 6.82. The molecule has 274 valence electrons. The van der Waals surface area contributed by atoms with Crippen LogP contribution in [-0.4, -0.2) is 41.6 Å². The van der Waals surface area contributed by atoms with Crippen LogP contribution in [0.4, 0.5) is 0 Å². The summed E-state index contributed by atoms with van der Waals surface area (Å²) in [6.45, 7) is 13.6. The molecule has 3 atom stereocenters. The molecule has 0 saturated carbocycles. The van der Waals surface area contributed by atoms with Crippen molar-refractivity contribution in [1.82, 2.24) is 14.9 Å². The van der Waals surface area contributed by atoms with Gasteiger partial charge >= 0.3 is 5.97 Å². The van der Waals surface area contributed by atoms with Crippen LogP contribution < -0.4 is 21.2 Å². The molecule has 0 saturated heterocycles. The minimum absolute atomic E-state index is 0.0374. The van der Waals surface area contributed by atoms with Gasteiger partial charge in [0.1, 0.15) is 6.61 Å². The molecule has 4 heterocycles. The summed E-state index contributed by atoms with van der Waals surface area (Å²) in [5.41, 5.74) is 4.85. The first kappa shape index (κ1) is 35.9. The number of nitrogens with zero attached hydrogens (tertiary/aromatic N) is 2. The molecule has 2 N–H and O–H groups in total. The number of cyclic esters (lactones) is 1. The molecule has 3 aromatic carbocycles. The van der Waals surface area contributed by atoms with Crippen LogP contribution in [0.15, 0.2) is 77.6 Å². The third kappa shape index (κ3) is 5.46. The van der Waals surface area contributed by atoms with Crippen molar-refractivity contribution in [1.29, 1.82) is 0 Å². The number of benzene rings is 3. The van der Waals surface area contributed by atoms with Gasteiger partial charge in [0.15, 0.2) is 5.60 Å². The van der Waals surface area contributed by atoms with Gasteiger partial charge < -0.3 is 24.2 Å². The fourth-order valence-corrected chi connectivity index (χ4v) is 14.0. The Bertz CT molecular complexity index is 2300. The normalized spacial score (nSPS) is 19.8. The van der Waals surface area contributed by atoms with Crippen LogP contribution >= 0.6 is 11.6 Å². The molecule has 10 heteroatoms.